The summed E-state index contributed by atoms with van der Waals surface area (Å²) in [5.41, 5.74) is -0.559. The Labute approximate surface area is 110 Å². The van der Waals surface area contributed by atoms with Crippen LogP contribution in [0, 0.1) is 22.7 Å². The smallest absolute Gasteiger partial charge is 0.303 e. The Morgan fingerprint density at radius 3 is 2.39 bits per heavy atom. The number of carboxylic acid groups (broad SMARTS) is 1. The molecule has 0 saturated heterocycles. The molecule has 2 aliphatic rings. The third-order valence-electron chi connectivity index (χ3n) is 6.26. The molecule has 2 fully saturated rings. The van der Waals surface area contributed by atoms with Crippen LogP contribution in [0.1, 0.15) is 59.8 Å². The maximum Gasteiger partial charge on any atom is 0.303 e. The molecule has 4 unspecified atom stereocenters. The van der Waals surface area contributed by atoms with Gasteiger partial charge in [0.05, 0.1) is 5.60 Å². The van der Waals surface area contributed by atoms with Crippen molar-refractivity contribution in [2.24, 2.45) is 22.7 Å². The van der Waals surface area contributed by atoms with E-state index in [1.54, 1.807) is 0 Å². The van der Waals surface area contributed by atoms with E-state index in [0.717, 1.165) is 12.8 Å². The lowest BCUT2D eigenvalue weighted by Gasteiger charge is -2.46. The largest absolute Gasteiger partial charge is 0.481 e. The Morgan fingerprint density at radius 1 is 1.39 bits per heavy atom. The van der Waals surface area contributed by atoms with Crippen molar-refractivity contribution < 1.29 is 15.0 Å². The number of aliphatic hydroxyl groups is 1. The predicted molar refractivity (Wildman–Crippen MR) is 70.2 cm³/mol. The first-order valence-corrected chi connectivity index (χ1v) is 7.06. The van der Waals surface area contributed by atoms with E-state index in [-0.39, 0.29) is 23.2 Å². The van der Waals surface area contributed by atoms with E-state index < -0.39 is 11.6 Å². The Morgan fingerprint density at radius 2 is 2.00 bits per heavy atom. The van der Waals surface area contributed by atoms with Crippen LogP contribution in [0.3, 0.4) is 0 Å². The van der Waals surface area contributed by atoms with Crippen LogP contribution in [0.25, 0.3) is 0 Å². The van der Waals surface area contributed by atoms with E-state index in [1.807, 2.05) is 6.92 Å². The van der Waals surface area contributed by atoms with Crippen LogP contribution in [-0.2, 0) is 4.79 Å². The Kier molecular flexibility index (Phi) is 3.05. The summed E-state index contributed by atoms with van der Waals surface area (Å²) in [5.74, 6) is -0.136. The van der Waals surface area contributed by atoms with Gasteiger partial charge in [-0.05, 0) is 42.9 Å². The second kappa shape index (κ2) is 3.96. The fraction of sp³-hybridized carbons (Fsp3) is 0.933. The maximum atomic E-state index is 11.1. The topological polar surface area (TPSA) is 57.5 Å². The molecule has 18 heavy (non-hydrogen) atoms. The van der Waals surface area contributed by atoms with Gasteiger partial charge in [-0.1, -0.05) is 27.7 Å². The highest BCUT2D eigenvalue weighted by Crippen LogP contribution is 2.70. The summed E-state index contributed by atoms with van der Waals surface area (Å²) in [7, 11) is 0. The summed E-state index contributed by atoms with van der Waals surface area (Å²) in [5, 5.41) is 19.9. The van der Waals surface area contributed by atoms with E-state index >= 15 is 0 Å². The van der Waals surface area contributed by atoms with E-state index in [4.69, 9.17) is 5.11 Å². The molecule has 0 aromatic rings. The molecule has 0 aromatic heterocycles. The zero-order valence-electron chi connectivity index (χ0n) is 12.0. The molecular weight excluding hydrogens is 228 g/mol. The monoisotopic (exact) mass is 254 g/mol. The van der Waals surface area contributed by atoms with Gasteiger partial charge < -0.3 is 10.2 Å². The molecular formula is C15H26O3. The number of hydrogen-bond donors (Lipinski definition) is 2. The van der Waals surface area contributed by atoms with Gasteiger partial charge in [-0.25, -0.2) is 0 Å². The number of rotatable bonds is 4. The molecule has 104 valence electrons. The third-order valence-corrected chi connectivity index (χ3v) is 6.26. The first-order valence-electron chi connectivity index (χ1n) is 7.06. The van der Waals surface area contributed by atoms with E-state index in [0.29, 0.717) is 12.3 Å². The first-order chi connectivity index (χ1) is 8.12. The molecule has 2 bridgehead atoms. The number of aliphatic carboxylic acids is 1. The van der Waals surface area contributed by atoms with Crippen molar-refractivity contribution in [3.8, 4) is 0 Å². The Bertz CT molecular complexity index is 363. The minimum Gasteiger partial charge on any atom is -0.481 e. The van der Waals surface area contributed by atoms with Gasteiger partial charge in [0.25, 0.3) is 0 Å². The quantitative estimate of drug-likeness (QED) is 0.810. The van der Waals surface area contributed by atoms with Crippen LogP contribution in [-0.4, -0.2) is 21.8 Å². The van der Waals surface area contributed by atoms with Crippen molar-refractivity contribution in [2.75, 3.05) is 0 Å². The lowest BCUT2D eigenvalue weighted by molar-refractivity contribution is -0.139. The molecule has 3 nitrogen and oxygen atoms in total. The normalized spacial score (nSPS) is 43.1. The second-order valence-electron chi connectivity index (χ2n) is 7.43. The number of fused-ring (bicyclic) bond motifs is 2. The van der Waals surface area contributed by atoms with E-state index in [9.17, 15) is 9.90 Å². The Hall–Kier alpha value is -0.570. The van der Waals surface area contributed by atoms with Gasteiger partial charge in [0, 0.05) is 11.8 Å². The van der Waals surface area contributed by atoms with E-state index in [2.05, 4.69) is 20.8 Å². The van der Waals surface area contributed by atoms with Crippen LogP contribution in [0.15, 0.2) is 0 Å². The Balaban J connectivity index is 2.16. The highest BCUT2D eigenvalue weighted by Gasteiger charge is 2.68. The van der Waals surface area contributed by atoms with Gasteiger partial charge in [-0.2, -0.15) is 0 Å². The first kappa shape index (κ1) is 13.9. The molecule has 2 aliphatic carbocycles. The van der Waals surface area contributed by atoms with Gasteiger partial charge in [0.1, 0.15) is 0 Å². The van der Waals surface area contributed by atoms with Crippen molar-refractivity contribution in [2.45, 2.75) is 65.4 Å². The molecule has 0 amide bonds. The minimum atomic E-state index is -0.765. The average Bonchev–Trinajstić information content (AvgIpc) is 2.47. The molecule has 0 aliphatic heterocycles. The molecule has 0 aromatic carbocycles. The van der Waals surface area contributed by atoms with Gasteiger partial charge in [-0.3, -0.25) is 4.79 Å². The fourth-order valence-electron chi connectivity index (χ4n) is 4.67. The minimum absolute atomic E-state index is 0.0412. The summed E-state index contributed by atoms with van der Waals surface area (Å²) >= 11 is 0. The summed E-state index contributed by atoms with van der Waals surface area (Å²) < 4.78 is 0. The fourth-order valence-corrected chi connectivity index (χ4v) is 4.67. The van der Waals surface area contributed by atoms with Crippen molar-refractivity contribution in [3.05, 3.63) is 0 Å². The van der Waals surface area contributed by atoms with Crippen molar-refractivity contribution in [1.29, 1.82) is 0 Å². The number of carboxylic acids is 1. The highest BCUT2D eigenvalue weighted by molar-refractivity contribution is 5.66. The number of hydrogen-bond acceptors (Lipinski definition) is 2. The van der Waals surface area contributed by atoms with Crippen LogP contribution in [0.5, 0.6) is 0 Å². The van der Waals surface area contributed by atoms with E-state index in [1.165, 1.54) is 6.42 Å². The molecule has 0 spiro atoms. The van der Waals surface area contributed by atoms with Gasteiger partial charge in [0.2, 0.25) is 0 Å². The van der Waals surface area contributed by atoms with Crippen LogP contribution >= 0.6 is 0 Å². The van der Waals surface area contributed by atoms with Gasteiger partial charge in [-0.15, -0.1) is 0 Å². The SMILES string of the molecule is CC(CC(=O)O)CC1(O)CC2CCC1(C)C2(C)C. The molecule has 4 atom stereocenters. The molecule has 2 N–H and O–H groups in total. The maximum absolute atomic E-state index is 11.1. The van der Waals surface area contributed by atoms with Crippen LogP contribution in [0.4, 0.5) is 0 Å². The highest BCUT2D eigenvalue weighted by atomic mass is 16.4. The summed E-state index contributed by atoms with van der Waals surface area (Å²) in [6, 6.07) is 0. The molecule has 3 heteroatoms. The molecule has 2 rings (SSSR count). The predicted octanol–water partition coefficient (Wildman–Crippen LogP) is 3.06. The molecule has 0 radical (unpaired) electrons. The van der Waals surface area contributed by atoms with Crippen LogP contribution < -0.4 is 0 Å². The molecule has 2 saturated carbocycles. The molecule has 0 heterocycles. The standard InChI is InChI=1S/C15H26O3/c1-10(7-12(16)17)8-15(18)9-11-5-6-14(15,4)13(11,2)3/h10-11,18H,5-9H2,1-4H3,(H,16,17). The lowest BCUT2D eigenvalue weighted by atomic mass is 9.62. The van der Waals surface area contributed by atoms with Gasteiger partial charge in [0.15, 0.2) is 0 Å². The van der Waals surface area contributed by atoms with Crippen molar-refractivity contribution in [3.63, 3.8) is 0 Å². The van der Waals surface area contributed by atoms with Crippen molar-refractivity contribution in [1.82, 2.24) is 0 Å². The number of carbonyl (C=O) groups is 1. The zero-order chi connectivity index (χ0) is 13.8. The van der Waals surface area contributed by atoms with Crippen LogP contribution in [0.2, 0.25) is 0 Å². The second-order valence-corrected chi connectivity index (χ2v) is 7.43. The summed E-state index contributed by atoms with van der Waals surface area (Å²) in [4.78, 5) is 10.8. The van der Waals surface area contributed by atoms with Gasteiger partial charge >= 0.3 is 5.97 Å². The lowest BCUT2D eigenvalue weighted by Crippen LogP contribution is -2.48. The van der Waals surface area contributed by atoms with Crippen molar-refractivity contribution >= 4 is 5.97 Å². The zero-order valence-corrected chi connectivity index (χ0v) is 12.0. The summed E-state index contributed by atoms with van der Waals surface area (Å²) in [6.07, 6.45) is 3.90. The summed E-state index contributed by atoms with van der Waals surface area (Å²) in [6.45, 7) is 8.68. The third kappa shape index (κ3) is 1.70. The average molecular weight is 254 g/mol.